The van der Waals surface area contributed by atoms with Crippen molar-refractivity contribution in [2.45, 2.75) is 4.90 Å². The average Bonchev–Trinajstić information content (AvgIpc) is 3.41. The molecule has 0 saturated heterocycles. The third-order valence-electron chi connectivity index (χ3n) is 6.12. The zero-order chi connectivity index (χ0) is 29.5. The average molecular weight is 599 g/mol. The van der Waals surface area contributed by atoms with Crippen LogP contribution in [0.4, 0.5) is 15.8 Å². The number of benzene rings is 4. The maximum absolute atomic E-state index is 13.5. The summed E-state index contributed by atoms with van der Waals surface area (Å²) < 4.78 is 13.4. The Hall–Kier alpha value is -4.86. The second-order valence-electron chi connectivity index (χ2n) is 9.12. The Morgan fingerprint density at radius 2 is 1.62 bits per heavy atom. The van der Waals surface area contributed by atoms with Gasteiger partial charge in [0, 0.05) is 44.5 Å². The summed E-state index contributed by atoms with van der Waals surface area (Å²) in [7, 11) is 0. The van der Waals surface area contributed by atoms with Gasteiger partial charge in [-0.05, 0) is 60.7 Å². The number of fused-ring (bicyclic) bond motifs is 1. The lowest BCUT2D eigenvalue weighted by Gasteiger charge is -2.12. The highest BCUT2D eigenvalue weighted by Gasteiger charge is 2.16. The van der Waals surface area contributed by atoms with Gasteiger partial charge in [0.25, 0.3) is 11.8 Å². The first-order chi connectivity index (χ1) is 20.4. The molecule has 4 aromatic carbocycles. The number of halogens is 2. The van der Waals surface area contributed by atoms with Crippen LogP contribution in [0, 0.1) is 5.82 Å². The molecular weight excluding hydrogens is 575 g/mol. The Kier molecular flexibility index (Phi) is 9.01. The first kappa shape index (κ1) is 28.7. The molecule has 0 aliphatic rings. The molecule has 4 N–H and O–H groups in total. The monoisotopic (exact) mass is 598 g/mol. The number of carbonyl (C=O) groups excluding carboxylic acids is 3. The first-order valence-electron chi connectivity index (χ1n) is 12.8. The number of para-hydroxylation sites is 1. The summed E-state index contributed by atoms with van der Waals surface area (Å²) in [6.45, 7) is 0. The lowest BCUT2D eigenvalue weighted by Crippen LogP contribution is -2.30. The summed E-state index contributed by atoms with van der Waals surface area (Å²) in [5.41, 5.74) is 2.98. The molecule has 0 spiro atoms. The molecule has 10 heteroatoms. The number of anilines is 2. The van der Waals surface area contributed by atoms with Gasteiger partial charge in [-0.15, -0.1) is 11.8 Å². The van der Waals surface area contributed by atoms with Gasteiger partial charge in [-0.25, -0.2) is 4.39 Å². The minimum absolute atomic E-state index is 0.0593. The number of rotatable bonds is 9. The summed E-state index contributed by atoms with van der Waals surface area (Å²) in [5.74, 6) is -1.73. The van der Waals surface area contributed by atoms with E-state index in [4.69, 9.17) is 11.6 Å². The van der Waals surface area contributed by atoms with Crippen molar-refractivity contribution < 1.29 is 18.8 Å². The van der Waals surface area contributed by atoms with Crippen molar-refractivity contribution in [3.05, 3.63) is 131 Å². The topological polar surface area (TPSA) is 103 Å². The fourth-order valence-corrected chi connectivity index (χ4v) is 5.03. The Bertz CT molecular complexity index is 1810. The number of hydrogen-bond acceptors (Lipinski definition) is 4. The van der Waals surface area contributed by atoms with Crippen LogP contribution in [-0.4, -0.2) is 28.5 Å². The predicted octanol–water partition coefficient (Wildman–Crippen LogP) is 7.10. The van der Waals surface area contributed by atoms with E-state index in [1.807, 2.05) is 30.3 Å². The molecule has 0 aliphatic carbocycles. The quantitative estimate of drug-likeness (QED) is 0.107. The second-order valence-corrected chi connectivity index (χ2v) is 10.6. The highest BCUT2D eigenvalue weighted by atomic mass is 35.5. The van der Waals surface area contributed by atoms with Gasteiger partial charge in [0.1, 0.15) is 11.5 Å². The van der Waals surface area contributed by atoms with Gasteiger partial charge in [0.05, 0.1) is 10.8 Å². The molecule has 0 radical (unpaired) electrons. The van der Waals surface area contributed by atoms with Gasteiger partial charge in [0.2, 0.25) is 5.91 Å². The lowest BCUT2D eigenvalue weighted by molar-refractivity contribution is -0.114. The van der Waals surface area contributed by atoms with Gasteiger partial charge in [-0.1, -0.05) is 54.1 Å². The third-order valence-corrected chi connectivity index (χ3v) is 7.40. The Morgan fingerprint density at radius 1 is 0.857 bits per heavy atom. The van der Waals surface area contributed by atoms with E-state index in [2.05, 4.69) is 20.9 Å². The number of H-pyrrole nitrogens is 1. The molecule has 5 aromatic rings. The van der Waals surface area contributed by atoms with Crippen LogP contribution < -0.4 is 16.0 Å². The van der Waals surface area contributed by atoms with Crippen LogP contribution in [0.1, 0.15) is 15.9 Å². The standard InChI is InChI=1S/C32H24ClFN4O3S/c33-26-17-23(13-14-27(26)34)36-30(39)19-42-24-10-6-9-22(16-24)37-32(41)29(38-31(40)20-7-2-1-3-8-20)15-21-18-35-28-12-5-4-11-25(21)28/h1-18,35H,19H2,(H,36,39)(H,37,41)(H,38,40)/b29-15-. The zero-order valence-electron chi connectivity index (χ0n) is 22.0. The molecule has 3 amide bonds. The smallest absolute Gasteiger partial charge is 0.272 e. The highest BCUT2D eigenvalue weighted by Crippen LogP contribution is 2.24. The van der Waals surface area contributed by atoms with E-state index in [-0.39, 0.29) is 22.4 Å². The lowest BCUT2D eigenvalue weighted by atomic mass is 10.1. The molecule has 0 unspecified atom stereocenters. The number of carbonyl (C=O) groups is 3. The van der Waals surface area contributed by atoms with Crippen molar-refractivity contribution in [2.75, 3.05) is 16.4 Å². The largest absolute Gasteiger partial charge is 0.361 e. The van der Waals surface area contributed by atoms with Crippen LogP contribution in [0.5, 0.6) is 0 Å². The number of aromatic nitrogens is 1. The van der Waals surface area contributed by atoms with Crippen LogP contribution in [0.15, 0.2) is 114 Å². The van der Waals surface area contributed by atoms with Gasteiger partial charge < -0.3 is 20.9 Å². The maximum atomic E-state index is 13.5. The van der Waals surface area contributed by atoms with Crippen molar-refractivity contribution in [1.82, 2.24) is 10.3 Å². The third kappa shape index (κ3) is 7.25. The number of amides is 3. The van der Waals surface area contributed by atoms with Crippen molar-refractivity contribution in [3.63, 3.8) is 0 Å². The van der Waals surface area contributed by atoms with E-state index in [1.165, 1.54) is 30.0 Å². The minimum atomic E-state index is -0.568. The van der Waals surface area contributed by atoms with E-state index in [9.17, 15) is 18.8 Å². The van der Waals surface area contributed by atoms with Crippen LogP contribution in [0.2, 0.25) is 5.02 Å². The zero-order valence-corrected chi connectivity index (χ0v) is 23.6. The summed E-state index contributed by atoms with van der Waals surface area (Å²) >= 11 is 7.04. The van der Waals surface area contributed by atoms with Crippen LogP contribution in [0.25, 0.3) is 17.0 Å². The first-order valence-corrected chi connectivity index (χ1v) is 14.2. The minimum Gasteiger partial charge on any atom is -0.361 e. The normalized spacial score (nSPS) is 11.2. The second kappa shape index (κ2) is 13.2. The van der Waals surface area contributed by atoms with Gasteiger partial charge >= 0.3 is 0 Å². The summed E-state index contributed by atoms with van der Waals surface area (Å²) in [5, 5.41) is 9.08. The molecule has 0 saturated carbocycles. The summed E-state index contributed by atoms with van der Waals surface area (Å²) in [6, 6.07) is 27.2. The number of thioether (sulfide) groups is 1. The molecule has 7 nitrogen and oxygen atoms in total. The summed E-state index contributed by atoms with van der Waals surface area (Å²) in [6.07, 6.45) is 3.40. The van der Waals surface area contributed by atoms with Crippen LogP contribution in [-0.2, 0) is 9.59 Å². The molecular formula is C32H24ClFN4O3S. The molecule has 210 valence electrons. The Balaban J connectivity index is 1.30. The summed E-state index contributed by atoms with van der Waals surface area (Å²) in [4.78, 5) is 42.7. The van der Waals surface area contributed by atoms with E-state index in [0.29, 0.717) is 16.9 Å². The number of aromatic amines is 1. The molecule has 5 rings (SSSR count). The van der Waals surface area contributed by atoms with Gasteiger partial charge in [0.15, 0.2) is 0 Å². The molecule has 0 fully saturated rings. The van der Waals surface area contributed by atoms with Crippen molar-refractivity contribution >= 4 is 69.4 Å². The number of nitrogens with one attached hydrogen (secondary N) is 4. The molecule has 0 aliphatic heterocycles. The Morgan fingerprint density at radius 3 is 2.43 bits per heavy atom. The van der Waals surface area contributed by atoms with E-state index >= 15 is 0 Å². The van der Waals surface area contributed by atoms with Gasteiger partial charge in [-0.3, -0.25) is 14.4 Å². The van der Waals surface area contributed by atoms with Crippen LogP contribution >= 0.6 is 23.4 Å². The van der Waals surface area contributed by atoms with Crippen molar-refractivity contribution in [3.8, 4) is 0 Å². The van der Waals surface area contributed by atoms with Crippen molar-refractivity contribution in [1.29, 1.82) is 0 Å². The maximum Gasteiger partial charge on any atom is 0.272 e. The van der Waals surface area contributed by atoms with E-state index in [0.717, 1.165) is 21.4 Å². The fourth-order valence-electron chi connectivity index (χ4n) is 4.09. The highest BCUT2D eigenvalue weighted by molar-refractivity contribution is 8.00. The SMILES string of the molecule is O=C(CSc1cccc(NC(=O)/C(=C/c2c[nH]c3ccccc23)NC(=O)c2ccccc2)c1)Nc1ccc(F)c(Cl)c1. The molecule has 1 aromatic heterocycles. The fraction of sp³-hybridized carbons (Fsp3) is 0.0312. The molecule has 42 heavy (non-hydrogen) atoms. The van der Waals surface area contributed by atoms with E-state index in [1.54, 1.807) is 60.8 Å². The molecule has 0 atom stereocenters. The molecule has 1 heterocycles. The van der Waals surface area contributed by atoms with Crippen molar-refractivity contribution in [2.24, 2.45) is 0 Å². The van der Waals surface area contributed by atoms with Gasteiger partial charge in [-0.2, -0.15) is 0 Å². The Labute approximate surface area is 250 Å². The number of hydrogen-bond donors (Lipinski definition) is 4. The van der Waals surface area contributed by atoms with E-state index < -0.39 is 17.6 Å². The predicted molar refractivity (Wildman–Crippen MR) is 166 cm³/mol. The van der Waals surface area contributed by atoms with Crippen LogP contribution in [0.3, 0.4) is 0 Å². The molecule has 0 bridgehead atoms.